The van der Waals surface area contributed by atoms with Crippen LogP contribution < -0.4 is 16.8 Å². The molecule has 0 fully saturated rings. The number of hydrogen-bond acceptors (Lipinski definition) is 4. The number of carbonyl (C=O) groups excluding carboxylic acids is 2. The van der Waals surface area contributed by atoms with Crippen molar-refractivity contribution in [1.82, 2.24) is 15.3 Å². The minimum absolute atomic E-state index is 0.272. The second-order valence-corrected chi connectivity index (χ2v) is 3.53. The fourth-order valence-electron chi connectivity index (χ4n) is 1.14. The second kappa shape index (κ2) is 5.26. The summed E-state index contributed by atoms with van der Waals surface area (Å²) < 4.78 is 0. The van der Waals surface area contributed by atoms with Crippen molar-refractivity contribution in [2.24, 2.45) is 11.5 Å². The molecule has 0 radical (unpaired) electrons. The predicted molar refractivity (Wildman–Crippen MR) is 57.1 cm³/mol. The number of amides is 2. The first-order valence-corrected chi connectivity index (χ1v) is 4.83. The highest BCUT2D eigenvalue weighted by molar-refractivity contribution is 5.88. The fraction of sp³-hybridized carbons (Fsp3) is 0.444. The van der Waals surface area contributed by atoms with Crippen molar-refractivity contribution in [3.05, 3.63) is 18.2 Å². The summed E-state index contributed by atoms with van der Waals surface area (Å²) in [6, 6.07) is -1.46. The summed E-state index contributed by atoms with van der Waals surface area (Å²) in [5, 5.41) is 2.47. The number of nitrogens with one attached hydrogen (secondary N) is 2. The zero-order valence-corrected chi connectivity index (χ0v) is 8.93. The van der Waals surface area contributed by atoms with E-state index in [1.165, 1.54) is 13.3 Å². The molecular formula is C9H15N5O2. The molecule has 1 rings (SSSR count). The van der Waals surface area contributed by atoms with Gasteiger partial charge in [-0.3, -0.25) is 9.59 Å². The average molecular weight is 225 g/mol. The molecule has 1 heterocycles. The molecule has 0 bridgehead atoms. The average Bonchev–Trinajstić information content (AvgIpc) is 2.68. The second-order valence-electron chi connectivity index (χ2n) is 3.53. The lowest BCUT2D eigenvalue weighted by Gasteiger charge is -2.15. The highest BCUT2D eigenvalue weighted by atomic mass is 16.2. The fourth-order valence-corrected chi connectivity index (χ4v) is 1.14. The number of aromatic nitrogens is 2. The van der Waals surface area contributed by atoms with Crippen LogP contribution in [0, 0.1) is 0 Å². The van der Waals surface area contributed by atoms with Crippen molar-refractivity contribution in [2.75, 3.05) is 0 Å². The Morgan fingerprint density at radius 3 is 2.75 bits per heavy atom. The third kappa shape index (κ3) is 3.35. The molecule has 2 amide bonds. The first-order chi connectivity index (χ1) is 7.50. The number of primary amides is 1. The van der Waals surface area contributed by atoms with Gasteiger partial charge >= 0.3 is 0 Å². The molecule has 0 aliphatic rings. The molecule has 16 heavy (non-hydrogen) atoms. The van der Waals surface area contributed by atoms with Crippen LogP contribution in [0.3, 0.4) is 0 Å². The first-order valence-electron chi connectivity index (χ1n) is 4.83. The van der Waals surface area contributed by atoms with Gasteiger partial charge in [-0.25, -0.2) is 4.98 Å². The summed E-state index contributed by atoms with van der Waals surface area (Å²) in [6.45, 7) is 1.53. The van der Waals surface area contributed by atoms with Gasteiger partial charge in [-0.15, -0.1) is 0 Å². The van der Waals surface area contributed by atoms with Crippen molar-refractivity contribution in [2.45, 2.75) is 25.4 Å². The van der Waals surface area contributed by atoms with Crippen LogP contribution in [0.2, 0.25) is 0 Å². The minimum Gasteiger partial charge on any atom is -0.368 e. The summed E-state index contributed by atoms with van der Waals surface area (Å²) >= 11 is 0. The van der Waals surface area contributed by atoms with Gasteiger partial charge in [0, 0.05) is 18.3 Å². The number of nitrogens with two attached hydrogens (primary N) is 2. The predicted octanol–water partition coefficient (Wildman–Crippen LogP) is -1.73. The van der Waals surface area contributed by atoms with Crippen molar-refractivity contribution >= 4 is 11.8 Å². The lowest BCUT2D eigenvalue weighted by Crippen LogP contribution is -2.50. The van der Waals surface area contributed by atoms with Crippen LogP contribution >= 0.6 is 0 Å². The number of hydrogen-bond donors (Lipinski definition) is 4. The van der Waals surface area contributed by atoms with Crippen LogP contribution in [0.1, 0.15) is 12.6 Å². The number of rotatable bonds is 5. The Morgan fingerprint density at radius 2 is 2.31 bits per heavy atom. The number of nitrogens with zero attached hydrogens (tertiary/aromatic N) is 1. The molecule has 2 atom stereocenters. The van der Waals surface area contributed by atoms with Gasteiger partial charge in [0.05, 0.1) is 12.4 Å². The van der Waals surface area contributed by atoms with E-state index in [1.807, 2.05) is 0 Å². The normalized spacial score (nSPS) is 14.1. The van der Waals surface area contributed by atoms with Crippen LogP contribution in [-0.4, -0.2) is 33.9 Å². The summed E-state index contributed by atoms with van der Waals surface area (Å²) in [5.41, 5.74) is 11.3. The molecule has 0 saturated heterocycles. The lowest BCUT2D eigenvalue weighted by molar-refractivity contribution is -0.127. The highest BCUT2D eigenvalue weighted by Crippen LogP contribution is 1.98. The molecule has 0 aliphatic carbocycles. The van der Waals surface area contributed by atoms with Crippen molar-refractivity contribution in [1.29, 1.82) is 0 Å². The zero-order valence-electron chi connectivity index (χ0n) is 8.93. The van der Waals surface area contributed by atoms with Gasteiger partial charge in [0.1, 0.15) is 6.04 Å². The van der Waals surface area contributed by atoms with E-state index in [0.29, 0.717) is 5.69 Å². The van der Waals surface area contributed by atoms with Crippen LogP contribution in [0.5, 0.6) is 0 Å². The zero-order chi connectivity index (χ0) is 12.1. The van der Waals surface area contributed by atoms with Crippen molar-refractivity contribution < 1.29 is 9.59 Å². The maximum Gasteiger partial charge on any atom is 0.240 e. The lowest BCUT2D eigenvalue weighted by atomic mass is 10.1. The molecule has 88 valence electrons. The summed E-state index contributed by atoms with van der Waals surface area (Å²) in [7, 11) is 0. The maximum absolute atomic E-state index is 11.3. The molecule has 1 aromatic heterocycles. The third-order valence-corrected chi connectivity index (χ3v) is 2.05. The van der Waals surface area contributed by atoms with Gasteiger partial charge in [0.2, 0.25) is 11.8 Å². The van der Waals surface area contributed by atoms with E-state index in [9.17, 15) is 9.59 Å². The number of carbonyl (C=O) groups is 2. The Bertz CT molecular complexity index is 360. The van der Waals surface area contributed by atoms with Crippen LogP contribution in [0.4, 0.5) is 0 Å². The first kappa shape index (κ1) is 12.2. The molecule has 6 N–H and O–H groups in total. The molecule has 0 aromatic carbocycles. The SMILES string of the molecule is CC(N)C(=O)NC(Cc1cnc[nH]1)C(N)=O. The molecule has 0 aliphatic heterocycles. The number of H-pyrrole nitrogens is 1. The van der Waals surface area contributed by atoms with E-state index >= 15 is 0 Å². The van der Waals surface area contributed by atoms with Crippen LogP contribution in [-0.2, 0) is 16.0 Å². The Kier molecular flexibility index (Phi) is 4.01. The molecule has 1 aromatic rings. The third-order valence-electron chi connectivity index (χ3n) is 2.05. The Labute approximate surface area is 92.6 Å². The Balaban J connectivity index is 2.62. The summed E-state index contributed by atoms with van der Waals surface area (Å²) in [5.74, 6) is -1.02. The largest absolute Gasteiger partial charge is 0.368 e. The van der Waals surface area contributed by atoms with Gasteiger partial charge in [-0.2, -0.15) is 0 Å². The van der Waals surface area contributed by atoms with Gasteiger partial charge in [-0.1, -0.05) is 0 Å². The summed E-state index contributed by atoms with van der Waals surface area (Å²) in [6.07, 6.45) is 3.32. The van der Waals surface area contributed by atoms with E-state index in [0.717, 1.165) is 0 Å². The number of aromatic amines is 1. The smallest absolute Gasteiger partial charge is 0.240 e. The van der Waals surface area contributed by atoms with E-state index in [4.69, 9.17) is 11.5 Å². The van der Waals surface area contributed by atoms with E-state index in [-0.39, 0.29) is 6.42 Å². The monoisotopic (exact) mass is 225 g/mol. The van der Waals surface area contributed by atoms with E-state index < -0.39 is 23.9 Å². The molecule has 2 unspecified atom stereocenters. The quantitative estimate of drug-likeness (QED) is 0.474. The topological polar surface area (TPSA) is 127 Å². The molecular weight excluding hydrogens is 210 g/mol. The van der Waals surface area contributed by atoms with Crippen LogP contribution in [0.25, 0.3) is 0 Å². The maximum atomic E-state index is 11.3. The Morgan fingerprint density at radius 1 is 1.62 bits per heavy atom. The summed E-state index contributed by atoms with van der Waals surface area (Å²) in [4.78, 5) is 29.1. The van der Waals surface area contributed by atoms with E-state index in [2.05, 4.69) is 15.3 Å². The number of imidazole rings is 1. The standard InChI is InChI=1S/C9H15N5O2/c1-5(10)9(16)14-7(8(11)15)2-6-3-12-4-13-6/h3-5,7H,2,10H2,1H3,(H2,11,15)(H,12,13)(H,14,16). The van der Waals surface area contributed by atoms with Crippen molar-refractivity contribution in [3.8, 4) is 0 Å². The van der Waals surface area contributed by atoms with Gasteiger partial charge in [0.15, 0.2) is 0 Å². The van der Waals surface area contributed by atoms with Crippen LogP contribution in [0.15, 0.2) is 12.5 Å². The van der Waals surface area contributed by atoms with Gasteiger partial charge in [0.25, 0.3) is 0 Å². The molecule has 0 saturated carbocycles. The molecule has 7 heteroatoms. The molecule has 0 spiro atoms. The van der Waals surface area contributed by atoms with Gasteiger partial charge < -0.3 is 21.8 Å². The van der Waals surface area contributed by atoms with Gasteiger partial charge in [-0.05, 0) is 6.92 Å². The van der Waals surface area contributed by atoms with E-state index in [1.54, 1.807) is 6.20 Å². The minimum atomic E-state index is -0.779. The van der Waals surface area contributed by atoms with Crippen molar-refractivity contribution in [3.63, 3.8) is 0 Å². The Hall–Kier alpha value is -1.89. The highest BCUT2D eigenvalue weighted by Gasteiger charge is 2.20. The molecule has 7 nitrogen and oxygen atoms in total.